The number of fused-ring (bicyclic) bond motifs is 1. The van der Waals surface area contributed by atoms with Crippen molar-refractivity contribution in [2.75, 3.05) is 0 Å². The van der Waals surface area contributed by atoms with Crippen LogP contribution in [-0.4, -0.2) is 8.07 Å². The summed E-state index contributed by atoms with van der Waals surface area (Å²) in [5.74, 6) is 1.47. The van der Waals surface area contributed by atoms with E-state index in [-0.39, 0.29) is 58.9 Å². The zero-order valence-electron chi connectivity index (χ0n) is 16.0. The first-order valence-corrected chi connectivity index (χ1v) is 12.2. The summed E-state index contributed by atoms with van der Waals surface area (Å²) < 4.78 is 0. The zero-order chi connectivity index (χ0) is 15.7. The van der Waals surface area contributed by atoms with Crippen LogP contribution >= 0.6 is 0 Å². The molecule has 4 atom stereocenters. The quantitative estimate of drug-likeness (QED) is 0.317. The summed E-state index contributed by atoms with van der Waals surface area (Å²) in [4.78, 5) is 0. The van der Waals surface area contributed by atoms with Crippen molar-refractivity contribution in [3.63, 3.8) is 0 Å². The van der Waals surface area contributed by atoms with E-state index in [1.165, 1.54) is 38.5 Å². The molecule has 0 aliphatic heterocycles. The van der Waals surface area contributed by atoms with Gasteiger partial charge in [0.1, 0.15) is 0 Å². The van der Waals surface area contributed by atoms with Crippen molar-refractivity contribution in [2.24, 2.45) is 11.8 Å². The standard InChI is InChI=1S/C22H29Si.3ClH.Ti/c1-23(20-12-4-2-5-13-20,21-14-6-3-7-15-21)22-16-18-10-8-9-11-19(18)17-22;;;;/h2,4-5,8-13,16,18-19,21-22H,3,6-7,14-15,17H2,1H3;3*1H;/q-1;;;;+4/p-3. The maximum absolute atomic E-state index is 2.75. The molecule has 5 heteroatoms. The van der Waals surface area contributed by atoms with Gasteiger partial charge in [0.05, 0.1) is 8.07 Å². The fraction of sp³-hybridized carbons (Fsp3) is 0.500. The summed E-state index contributed by atoms with van der Waals surface area (Å²) in [6.45, 7) is 2.71. The van der Waals surface area contributed by atoms with Crippen molar-refractivity contribution >= 4 is 13.3 Å². The third-order valence-electron chi connectivity index (χ3n) is 6.90. The SMILES string of the molecule is C[Si](c1ccccc1)(C1[CH-]C2C=CC=CC2C1)C1CCCCC1.[Cl-].[Cl-].[Cl-].[Ti+4]. The van der Waals surface area contributed by atoms with Gasteiger partial charge >= 0.3 is 21.7 Å². The Morgan fingerprint density at radius 1 is 0.889 bits per heavy atom. The molecule has 3 aliphatic carbocycles. The van der Waals surface area contributed by atoms with Crippen molar-refractivity contribution in [3.05, 3.63) is 61.1 Å². The predicted molar refractivity (Wildman–Crippen MR) is 102 cm³/mol. The first-order valence-electron chi connectivity index (χ1n) is 9.54. The van der Waals surface area contributed by atoms with Gasteiger partial charge in [-0.1, -0.05) is 98.8 Å². The second-order valence-electron chi connectivity index (χ2n) is 8.03. The number of rotatable bonds is 3. The van der Waals surface area contributed by atoms with Gasteiger partial charge in [0, 0.05) is 0 Å². The molecule has 0 nitrogen and oxygen atoms in total. The maximum atomic E-state index is 2.75. The second-order valence-corrected chi connectivity index (χ2v) is 12.7. The second kappa shape index (κ2) is 12.3. The van der Waals surface area contributed by atoms with Crippen molar-refractivity contribution < 1.29 is 58.9 Å². The molecule has 0 amide bonds. The average molecular weight is 476 g/mol. The summed E-state index contributed by atoms with van der Waals surface area (Å²) in [6.07, 6.45) is 20.9. The molecule has 2 fully saturated rings. The van der Waals surface area contributed by atoms with Crippen LogP contribution in [0.2, 0.25) is 17.6 Å². The number of hydrogen-bond donors (Lipinski definition) is 0. The van der Waals surface area contributed by atoms with E-state index in [2.05, 4.69) is 67.6 Å². The molecule has 0 heterocycles. The Kier molecular flexibility index (Phi) is 12.5. The molecular formula is C22H29Cl3SiTi. The van der Waals surface area contributed by atoms with E-state index in [0.717, 1.165) is 17.0 Å². The Morgan fingerprint density at radius 3 is 2.15 bits per heavy atom. The Morgan fingerprint density at radius 2 is 1.52 bits per heavy atom. The Balaban J connectivity index is 0.00000169. The van der Waals surface area contributed by atoms with E-state index >= 15 is 0 Å². The molecule has 0 bridgehead atoms. The largest absolute Gasteiger partial charge is 4.00 e. The van der Waals surface area contributed by atoms with E-state index in [9.17, 15) is 0 Å². The van der Waals surface area contributed by atoms with E-state index in [1.54, 1.807) is 5.19 Å². The Bertz CT molecular complexity index is 581. The van der Waals surface area contributed by atoms with Gasteiger partial charge in [-0.2, -0.15) is 5.54 Å². The van der Waals surface area contributed by atoms with Crippen molar-refractivity contribution in [1.29, 1.82) is 0 Å². The number of benzene rings is 1. The van der Waals surface area contributed by atoms with Crippen molar-refractivity contribution in [2.45, 2.75) is 56.2 Å². The number of hydrogen-bond acceptors (Lipinski definition) is 0. The Labute approximate surface area is 200 Å². The van der Waals surface area contributed by atoms with Gasteiger partial charge in [0.25, 0.3) is 0 Å². The molecule has 0 aromatic heterocycles. The minimum atomic E-state index is -1.50. The molecule has 4 unspecified atom stereocenters. The molecule has 146 valence electrons. The van der Waals surface area contributed by atoms with Crippen LogP contribution in [0.1, 0.15) is 38.5 Å². The molecule has 4 rings (SSSR count). The molecule has 1 aromatic carbocycles. The van der Waals surface area contributed by atoms with Crippen LogP contribution in [0.15, 0.2) is 54.6 Å². The van der Waals surface area contributed by atoms with Crippen LogP contribution < -0.4 is 42.4 Å². The van der Waals surface area contributed by atoms with Crippen LogP contribution in [0.5, 0.6) is 0 Å². The molecule has 3 aliphatic rings. The summed E-state index contributed by atoms with van der Waals surface area (Å²) in [5, 5.41) is 1.71. The van der Waals surface area contributed by atoms with Crippen molar-refractivity contribution in [1.82, 2.24) is 0 Å². The average Bonchev–Trinajstić information content (AvgIpc) is 3.07. The summed E-state index contributed by atoms with van der Waals surface area (Å²) in [7, 11) is -1.50. The van der Waals surface area contributed by atoms with Crippen LogP contribution in [0.25, 0.3) is 0 Å². The molecule has 1 aromatic rings. The fourth-order valence-corrected chi connectivity index (χ4v) is 10.9. The summed E-state index contributed by atoms with van der Waals surface area (Å²) in [5.41, 5.74) is 1.82. The zero-order valence-corrected chi connectivity index (χ0v) is 20.8. The van der Waals surface area contributed by atoms with Gasteiger partial charge in [-0.3, -0.25) is 0 Å². The number of halogens is 3. The first-order chi connectivity index (χ1) is 11.3. The van der Waals surface area contributed by atoms with E-state index in [0.29, 0.717) is 5.92 Å². The number of allylic oxidation sites excluding steroid dienone is 4. The Hall–Kier alpha value is 0.501. The molecule has 0 saturated heterocycles. The van der Waals surface area contributed by atoms with Crippen LogP contribution in [-0.2, 0) is 21.7 Å². The van der Waals surface area contributed by atoms with Crippen molar-refractivity contribution in [3.8, 4) is 0 Å². The summed E-state index contributed by atoms with van der Waals surface area (Å²) >= 11 is 0. The maximum Gasteiger partial charge on any atom is 4.00 e. The smallest absolute Gasteiger partial charge is 1.00 e. The van der Waals surface area contributed by atoms with Gasteiger partial charge < -0.3 is 43.6 Å². The third-order valence-corrected chi connectivity index (χ3v) is 12.7. The van der Waals surface area contributed by atoms with Crippen LogP contribution in [0.3, 0.4) is 0 Å². The summed E-state index contributed by atoms with van der Waals surface area (Å²) in [6, 6.07) is 11.6. The minimum absolute atomic E-state index is 0. The first kappa shape index (κ1) is 27.5. The fourth-order valence-electron chi connectivity index (χ4n) is 5.45. The molecule has 0 radical (unpaired) electrons. The predicted octanol–water partition coefficient (Wildman–Crippen LogP) is -3.35. The van der Waals surface area contributed by atoms with Gasteiger partial charge in [-0.25, -0.2) is 0 Å². The molecule has 2 saturated carbocycles. The normalized spacial score (nSPS) is 28.4. The molecular weight excluding hydrogens is 447 g/mol. The van der Waals surface area contributed by atoms with E-state index in [1.807, 2.05) is 0 Å². The topological polar surface area (TPSA) is 0 Å². The molecule has 27 heavy (non-hydrogen) atoms. The van der Waals surface area contributed by atoms with Crippen LogP contribution in [0.4, 0.5) is 0 Å². The van der Waals surface area contributed by atoms with Gasteiger partial charge in [0.2, 0.25) is 0 Å². The molecule has 0 spiro atoms. The minimum Gasteiger partial charge on any atom is -1.00 e. The van der Waals surface area contributed by atoms with E-state index < -0.39 is 8.07 Å². The van der Waals surface area contributed by atoms with Gasteiger partial charge in [-0.05, 0) is 11.5 Å². The van der Waals surface area contributed by atoms with Gasteiger partial charge in [0.15, 0.2) is 0 Å². The van der Waals surface area contributed by atoms with Gasteiger partial charge in [-0.15, -0.1) is 12.0 Å². The van der Waals surface area contributed by atoms with Crippen LogP contribution in [0, 0.1) is 18.3 Å². The van der Waals surface area contributed by atoms with E-state index in [4.69, 9.17) is 0 Å². The molecule has 0 N–H and O–H groups in total. The third kappa shape index (κ3) is 5.56. The monoisotopic (exact) mass is 474 g/mol.